The fraction of sp³-hybridized carbons (Fsp3) is 0.462. The number of pyridine rings is 1. The lowest BCUT2D eigenvalue weighted by Gasteiger charge is -2.11. The highest BCUT2D eigenvalue weighted by atomic mass is 32.2. The molecule has 0 aromatic carbocycles. The summed E-state index contributed by atoms with van der Waals surface area (Å²) in [4.78, 5) is 8.35. The van der Waals surface area contributed by atoms with Crippen molar-refractivity contribution in [2.45, 2.75) is 12.8 Å². The van der Waals surface area contributed by atoms with Gasteiger partial charge in [-0.1, -0.05) is 12.1 Å². The summed E-state index contributed by atoms with van der Waals surface area (Å²) in [6, 6.07) is 3.60. The van der Waals surface area contributed by atoms with Crippen molar-refractivity contribution in [3.05, 3.63) is 30.4 Å². The van der Waals surface area contributed by atoms with E-state index in [1.165, 1.54) is 10.6 Å². The quantitative estimate of drug-likeness (QED) is 0.844. The molecule has 2 aromatic heterocycles. The Hall–Kier alpha value is -1.80. The molecule has 3 rings (SSSR count). The maximum Gasteiger partial charge on any atom is 0.231 e. The average Bonchev–Trinajstić information content (AvgIpc) is 3.05. The highest BCUT2D eigenvalue weighted by molar-refractivity contribution is 7.88. The largest absolute Gasteiger partial charge is 0.339 e. The zero-order valence-corrected chi connectivity index (χ0v) is 12.6. The third-order valence-corrected chi connectivity index (χ3v) is 4.98. The summed E-state index contributed by atoms with van der Waals surface area (Å²) < 4.78 is 30.1. The normalized spacial score (nSPS) is 23.5. The minimum atomic E-state index is -3.19. The average molecular weight is 308 g/mol. The topological polar surface area (TPSA) is 89.2 Å². The predicted octanol–water partition coefficient (Wildman–Crippen LogP) is 1.13. The lowest BCUT2D eigenvalue weighted by Crippen LogP contribution is -2.27. The third kappa shape index (κ3) is 2.81. The Balaban J connectivity index is 1.84. The van der Waals surface area contributed by atoms with Crippen molar-refractivity contribution in [2.75, 3.05) is 19.3 Å². The SMILES string of the molecule is C[C@@H]1CN(S(C)(=O)=O)C[C@H]1c1nc(-c2ccncc2)no1. The van der Waals surface area contributed by atoms with E-state index >= 15 is 0 Å². The molecule has 0 amide bonds. The number of nitrogens with zero attached hydrogens (tertiary/aromatic N) is 4. The van der Waals surface area contributed by atoms with Crippen molar-refractivity contribution in [2.24, 2.45) is 5.92 Å². The van der Waals surface area contributed by atoms with E-state index in [4.69, 9.17) is 4.52 Å². The molecular weight excluding hydrogens is 292 g/mol. The molecule has 0 aliphatic carbocycles. The first-order valence-corrected chi connectivity index (χ1v) is 8.49. The molecule has 2 aromatic rings. The van der Waals surface area contributed by atoms with Crippen molar-refractivity contribution in [3.8, 4) is 11.4 Å². The Morgan fingerprint density at radius 1 is 1.29 bits per heavy atom. The first-order chi connectivity index (χ1) is 9.95. The van der Waals surface area contributed by atoms with Crippen molar-refractivity contribution < 1.29 is 12.9 Å². The van der Waals surface area contributed by atoms with Crippen LogP contribution in [0, 0.1) is 5.92 Å². The number of hydrogen-bond donors (Lipinski definition) is 0. The monoisotopic (exact) mass is 308 g/mol. The summed E-state index contributed by atoms with van der Waals surface area (Å²) in [5.41, 5.74) is 0.825. The Morgan fingerprint density at radius 3 is 2.62 bits per heavy atom. The van der Waals surface area contributed by atoms with E-state index in [-0.39, 0.29) is 11.8 Å². The van der Waals surface area contributed by atoms with Crippen LogP contribution < -0.4 is 0 Å². The van der Waals surface area contributed by atoms with Gasteiger partial charge in [-0.3, -0.25) is 4.98 Å². The summed E-state index contributed by atoms with van der Waals surface area (Å²) in [6.45, 7) is 2.86. The molecule has 1 fully saturated rings. The predicted molar refractivity (Wildman–Crippen MR) is 75.9 cm³/mol. The molecule has 21 heavy (non-hydrogen) atoms. The number of aromatic nitrogens is 3. The minimum Gasteiger partial charge on any atom is -0.339 e. The molecule has 7 nitrogen and oxygen atoms in total. The first kappa shape index (κ1) is 14.2. The summed E-state index contributed by atoms with van der Waals surface area (Å²) in [6.07, 6.45) is 4.54. The van der Waals surface area contributed by atoms with Gasteiger partial charge in [0, 0.05) is 31.0 Å². The van der Waals surface area contributed by atoms with Gasteiger partial charge in [0.15, 0.2) is 0 Å². The third-order valence-electron chi connectivity index (χ3n) is 3.75. The summed E-state index contributed by atoms with van der Waals surface area (Å²) in [5, 5.41) is 3.97. The van der Waals surface area contributed by atoms with E-state index in [9.17, 15) is 8.42 Å². The Bertz CT molecular complexity index is 729. The van der Waals surface area contributed by atoms with Crippen LogP contribution in [0.4, 0.5) is 0 Å². The van der Waals surface area contributed by atoms with Crippen molar-refractivity contribution in [3.63, 3.8) is 0 Å². The maximum atomic E-state index is 11.6. The zero-order chi connectivity index (χ0) is 15.0. The van der Waals surface area contributed by atoms with Crippen molar-refractivity contribution in [1.82, 2.24) is 19.4 Å². The van der Waals surface area contributed by atoms with Gasteiger partial charge >= 0.3 is 0 Å². The van der Waals surface area contributed by atoms with Gasteiger partial charge in [0.1, 0.15) is 0 Å². The summed E-state index contributed by atoms with van der Waals surface area (Å²) in [7, 11) is -3.19. The van der Waals surface area contributed by atoms with Crippen molar-refractivity contribution in [1.29, 1.82) is 0 Å². The molecule has 3 heterocycles. The van der Waals surface area contributed by atoms with Gasteiger partial charge in [-0.05, 0) is 18.1 Å². The van der Waals surface area contributed by atoms with Gasteiger partial charge in [-0.25, -0.2) is 12.7 Å². The first-order valence-electron chi connectivity index (χ1n) is 6.64. The molecule has 0 N–H and O–H groups in total. The molecule has 1 aliphatic rings. The molecule has 112 valence electrons. The van der Waals surface area contributed by atoms with Crippen LogP contribution in [0.3, 0.4) is 0 Å². The standard InChI is InChI=1S/C13H16N4O3S/c1-9-7-17(21(2,18)19)8-11(9)13-15-12(16-20-13)10-3-5-14-6-4-10/h3-6,9,11H,7-8H2,1-2H3/t9-,11-/m1/s1. The van der Waals surface area contributed by atoms with Gasteiger partial charge in [-0.15, -0.1) is 0 Å². The van der Waals surface area contributed by atoms with Crippen LogP contribution in [0.1, 0.15) is 18.7 Å². The molecule has 2 atom stereocenters. The Labute approximate surface area is 123 Å². The van der Waals surface area contributed by atoms with Gasteiger partial charge < -0.3 is 4.52 Å². The van der Waals surface area contributed by atoms with E-state index in [1.54, 1.807) is 24.5 Å². The van der Waals surface area contributed by atoms with E-state index in [0.29, 0.717) is 24.8 Å². The van der Waals surface area contributed by atoms with Crippen LogP contribution in [-0.4, -0.2) is 47.2 Å². The molecule has 1 aliphatic heterocycles. The molecule has 1 saturated heterocycles. The lowest BCUT2D eigenvalue weighted by atomic mass is 9.98. The van der Waals surface area contributed by atoms with Crippen LogP contribution >= 0.6 is 0 Å². The second-order valence-electron chi connectivity index (χ2n) is 5.36. The lowest BCUT2D eigenvalue weighted by molar-refractivity contribution is 0.338. The van der Waals surface area contributed by atoms with Crippen molar-refractivity contribution >= 4 is 10.0 Å². The van der Waals surface area contributed by atoms with Crippen LogP contribution in [0.15, 0.2) is 29.0 Å². The number of sulfonamides is 1. The fourth-order valence-corrected chi connectivity index (χ4v) is 3.46. The van der Waals surface area contributed by atoms with Gasteiger partial charge in [-0.2, -0.15) is 4.98 Å². The molecular formula is C13H16N4O3S. The summed E-state index contributed by atoms with van der Waals surface area (Å²) >= 11 is 0. The van der Waals surface area contributed by atoms with E-state index < -0.39 is 10.0 Å². The molecule has 8 heteroatoms. The Kier molecular flexibility index (Phi) is 3.50. The van der Waals surface area contributed by atoms with Gasteiger partial charge in [0.05, 0.1) is 12.2 Å². The second-order valence-corrected chi connectivity index (χ2v) is 7.34. The smallest absolute Gasteiger partial charge is 0.231 e. The molecule has 0 bridgehead atoms. The fourth-order valence-electron chi connectivity index (χ4n) is 2.52. The van der Waals surface area contributed by atoms with Gasteiger partial charge in [0.25, 0.3) is 0 Å². The summed E-state index contributed by atoms with van der Waals surface area (Å²) in [5.74, 6) is 1.06. The number of rotatable bonds is 3. The van der Waals surface area contributed by atoms with E-state index in [2.05, 4.69) is 15.1 Å². The zero-order valence-electron chi connectivity index (χ0n) is 11.8. The van der Waals surface area contributed by atoms with Gasteiger partial charge in [0.2, 0.25) is 21.7 Å². The number of hydrogen-bond acceptors (Lipinski definition) is 6. The highest BCUT2D eigenvalue weighted by Gasteiger charge is 2.38. The molecule has 0 unspecified atom stereocenters. The van der Waals surface area contributed by atoms with E-state index in [1.807, 2.05) is 6.92 Å². The van der Waals surface area contributed by atoms with Crippen LogP contribution in [-0.2, 0) is 10.0 Å². The van der Waals surface area contributed by atoms with Crippen LogP contribution in [0.25, 0.3) is 11.4 Å². The highest BCUT2D eigenvalue weighted by Crippen LogP contribution is 2.33. The van der Waals surface area contributed by atoms with E-state index in [0.717, 1.165) is 5.56 Å². The molecule has 0 saturated carbocycles. The molecule has 0 radical (unpaired) electrons. The maximum absolute atomic E-state index is 11.6. The minimum absolute atomic E-state index is 0.0668. The van der Waals surface area contributed by atoms with Crippen LogP contribution in [0.5, 0.6) is 0 Å². The van der Waals surface area contributed by atoms with Crippen LogP contribution in [0.2, 0.25) is 0 Å². The molecule has 0 spiro atoms. The Morgan fingerprint density at radius 2 is 2.00 bits per heavy atom. The second kappa shape index (κ2) is 5.19.